The quantitative estimate of drug-likeness (QED) is 0.780. The van der Waals surface area contributed by atoms with E-state index >= 15 is 0 Å². The van der Waals surface area contributed by atoms with Crippen LogP contribution in [0.1, 0.15) is 53.4 Å². The van der Waals surface area contributed by atoms with Gasteiger partial charge in [-0.05, 0) is 24.7 Å². The molecule has 0 heterocycles. The van der Waals surface area contributed by atoms with Gasteiger partial charge in [0, 0.05) is 19.1 Å². The lowest BCUT2D eigenvalue weighted by Crippen LogP contribution is -2.48. The maximum absolute atomic E-state index is 10.1. The van der Waals surface area contributed by atoms with Gasteiger partial charge in [0.15, 0.2) is 0 Å². The van der Waals surface area contributed by atoms with Crippen LogP contribution in [-0.2, 0) is 0 Å². The van der Waals surface area contributed by atoms with Crippen LogP contribution < -0.4 is 0 Å². The van der Waals surface area contributed by atoms with E-state index < -0.39 is 0 Å². The van der Waals surface area contributed by atoms with Crippen LogP contribution in [0.3, 0.4) is 0 Å². The van der Waals surface area contributed by atoms with Gasteiger partial charge in [-0.3, -0.25) is 4.90 Å². The first kappa shape index (κ1) is 14.0. The van der Waals surface area contributed by atoms with Gasteiger partial charge < -0.3 is 5.11 Å². The van der Waals surface area contributed by atoms with Gasteiger partial charge in [-0.25, -0.2) is 0 Å². The molecular weight excluding hydrogens is 198 g/mol. The van der Waals surface area contributed by atoms with Crippen LogP contribution in [0.5, 0.6) is 0 Å². The molecule has 0 saturated heterocycles. The molecular formula is C14H29NO. The van der Waals surface area contributed by atoms with Gasteiger partial charge in [-0.2, -0.15) is 0 Å². The Labute approximate surface area is 101 Å². The summed E-state index contributed by atoms with van der Waals surface area (Å²) in [6.45, 7) is 11.3. The minimum Gasteiger partial charge on any atom is -0.391 e. The molecule has 2 unspecified atom stereocenters. The molecule has 0 aromatic carbocycles. The lowest BCUT2D eigenvalue weighted by Gasteiger charge is -2.39. The average Bonchev–Trinajstić information content (AvgIpc) is 2.15. The third-order valence-corrected chi connectivity index (χ3v) is 3.36. The summed E-state index contributed by atoms with van der Waals surface area (Å²) in [5.74, 6) is 1.38. The second kappa shape index (κ2) is 6.61. The highest BCUT2D eigenvalue weighted by Gasteiger charge is 2.29. The van der Waals surface area contributed by atoms with Gasteiger partial charge in [0.05, 0.1) is 6.10 Å². The van der Waals surface area contributed by atoms with Gasteiger partial charge >= 0.3 is 0 Å². The maximum Gasteiger partial charge on any atom is 0.0695 e. The van der Waals surface area contributed by atoms with Crippen molar-refractivity contribution in [3.63, 3.8) is 0 Å². The lowest BCUT2D eigenvalue weighted by atomic mass is 9.90. The zero-order valence-corrected chi connectivity index (χ0v) is 11.4. The molecule has 0 aromatic heterocycles. The number of hydrogen-bond acceptors (Lipinski definition) is 2. The van der Waals surface area contributed by atoms with Crippen molar-refractivity contribution in [3.8, 4) is 0 Å². The Morgan fingerprint density at radius 3 is 1.94 bits per heavy atom. The van der Waals surface area contributed by atoms with Gasteiger partial charge in [0.25, 0.3) is 0 Å². The third kappa shape index (κ3) is 4.42. The average molecular weight is 227 g/mol. The predicted molar refractivity (Wildman–Crippen MR) is 69.5 cm³/mol. The van der Waals surface area contributed by atoms with Crippen LogP contribution in [0, 0.1) is 11.8 Å². The maximum atomic E-state index is 10.1. The Bertz CT molecular complexity index is 181. The molecule has 1 aliphatic carbocycles. The fraction of sp³-hybridized carbons (Fsp3) is 1.00. The summed E-state index contributed by atoms with van der Waals surface area (Å²) in [4.78, 5) is 2.53. The second-order valence-corrected chi connectivity index (χ2v) is 6.16. The number of rotatable bonds is 5. The fourth-order valence-electron chi connectivity index (χ4n) is 2.80. The van der Waals surface area contributed by atoms with E-state index in [-0.39, 0.29) is 6.10 Å². The smallest absolute Gasteiger partial charge is 0.0695 e. The number of aliphatic hydroxyl groups is 1. The molecule has 96 valence electrons. The van der Waals surface area contributed by atoms with Crippen LogP contribution in [0.15, 0.2) is 0 Å². The molecule has 1 N–H and O–H groups in total. The Hall–Kier alpha value is -0.0800. The zero-order chi connectivity index (χ0) is 12.1. The van der Waals surface area contributed by atoms with E-state index in [0.29, 0.717) is 17.9 Å². The molecule has 2 heteroatoms. The summed E-state index contributed by atoms with van der Waals surface area (Å²) in [7, 11) is 0. The van der Waals surface area contributed by atoms with Crippen molar-refractivity contribution in [2.75, 3.05) is 13.1 Å². The summed E-state index contributed by atoms with van der Waals surface area (Å²) < 4.78 is 0. The van der Waals surface area contributed by atoms with E-state index in [0.717, 1.165) is 19.5 Å². The van der Waals surface area contributed by atoms with Crippen LogP contribution in [-0.4, -0.2) is 35.2 Å². The van der Waals surface area contributed by atoms with E-state index in [1.807, 2.05) is 0 Å². The summed E-state index contributed by atoms with van der Waals surface area (Å²) in [5, 5.41) is 10.1. The highest BCUT2D eigenvalue weighted by Crippen LogP contribution is 2.24. The van der Waals surface area contributed by atoms with E-state index in [4.69, 9.17) is 0 Å². The van der Waals surface area contributed by atoms with Crippen molar-refractivity contribution in [2.24, 2.45) is 11.8 Å². The molecule has 0 radical (unpaired) electrons. The van der Waals surface area contributed by atoms with E-state index in [1.165, 1.54) is 19.3 Å². The first-order valence-electron chi connectivity index (χ1n) is 6.92. The fourth-order valence-corrected chi connectivity index (χ4v) is 2.80. The van der Waals surface area contributed by atoms with Gasteiger partial charge in [0.1, 0.15) is 0 Å². The Kier molecular flexibility index (Phi) is 5.77. The summed E-state index contributed by atoms with van der Waals surface area (Å²) in [5.41, 5.74) is 0. The molecule has 16 heavy (non-hydrogen) atoms. The van der Waals surface area contributed by atoms with Crippen LogP contribution >= 0.6 is 0 Å². The van der Waals surface area contributed by atoms with Crippen LogP contribution in [0.25, 0.3) is 0 Å². The van der Waals surface area contributed by atoms with Crippen molar-refractivity contribution in [1.82, 2.24) is 4.90 Å². The molecule has 1 aliphatic rings. The molecule has 1 rings (SSSR count). The standard InChI is InChI=1S/C14H29NO/c1-11(2)9-15(10-12(3)4)13-7-5-6-8-14(13)16/h11-14,16H,5-10H2,1-4H3. The first-order valence-corrected chi connectivity index (χ1v) is 6.92. The normalized spacial score (nSPS) is 27.0. The molecule has 0 aliphatic heterocycles. The zero-order valence-electron chi connectivity index (χ0n) is 11.4. The molecule has 1 saturated carbocycles. The number of nitrogens with zero attached hydrogens (tertiary/aromatic N) is 1. The van der Waals surface area contributed by atoms with Gasteiger partial charge in [-0.15, -0.1) is 0 Å². The molecule has 0 amide bonds. The molecule has 1 fully saturated rings. The van der Waals surface area contributed by atoms with Gasteiger partial charge in [0.2, 0.25) is 0 Å². The highest BCUT2D eigenvalue weighted by molar-refractivity contribution is 4.84. The predicted octanol–water partition coefficient (Wildman–Crippen LogP) is 2.90. The summed E-state index contributed by atoms with van der Waals surface area (Å²) in [6, 6.07) is 0.415. The molecule has 2 nitrogen and oxygen atoms in total. The van der Waals surface area contributed by atoms with Crippen molar-refractivity contribution in [1.29, 1.82) is 0 Å². The van der Waals surface area contributed by atoms with E-state index in [9.17, 15) is 5.11 Å². The van der Waals surface area contributed by atoms with Crippen molar-refractivity contribution < 1.29 is 5.11 Å². The SMILES string of the molecule is CC(C)CN(CC(C)C)C1CCCCC1O. The Balaban J connectivity index is 2.58. The first-order chi connectivity index (χ1) is 7.50. The van der Waals surface area contributed by atoms with Crippen molar-refractivity contribution >= 4 is 0 Å². The van der Waals surface area contributed by atoms with Gasteiger partial charge in [-0.1, -0.05) is 40.5 Å². The number of hydrogen-bond donors (Lipinski definition) is 1. The van der Waals surface area contributed by atoms with Crippen molar-refractivity contribution in [2.45, 2.75) is 65.5 Å². The minimum atomic E-state index is -0.0914. The summed E-state index contributed by atoms with van der Waals surface area (Å²) in [6.07, 6.45) is 4.58. The highest BCUT2D eigenvalue weighted by atomic mass is 16.3. The van der Waals surface area contributed by atoms with E-state index in [1.54, 1.807) is 0 Å². The topological polar surface area (TPSA) is 23.5 Å². The minimum absolute atomic E-state index is 0.0914. The molecule has 0 bridgehead atoms. The van der Waals surface area contributed by atoms with E-state index in [2.05, 4.69) is 32.6 Å². The second-order valence-electron chi connectivity index (χ2n) is 6.16. The monoisotopic (exact) mass is 227 g/mol. The molecule has 0 spiro atoms. The number of aliphatic hydroxyl groups excluding tert-OH is 1. The Morgan fingerprint density at radius 2 is 1.50 bits per heavy atom. The Morgan fingerprint density at radius 1 is 1.00 bits per heavy atom. The van der Waals surface area contributed by atoms with Crippen LogP contribution in [0.4, 0.5) is 0 Å². The third-order valence-electron chi connectivity index (χ3n) is 3.36. The van der Waals surface area contributed by atoms with Crippen LogP contribution in [0.2, 0.25) is 0 Å². The lowest BCUT2D eigenvalue weighted by molar-refractivity contribution is 0.00934. The largest absolute Gasteiger partial charge is 0.391 e. The van der Waals surface area contributed by atoms with Crippen molar-refractivity contribution in [3.05, 3.63) is 0 Å². The molecule has 2 atom stereocenters. The molecule has 0 aromatic rings. The summed E-state index contributed by atoms with van der Waals surface area (Å²) >= 11 is 0.